The standard InChI is InChI=1S/C20H21FO3/c1-3-4-14-5-7-15(8-6-14)12-23-17-10-9-16-11-13(2)24-20(22)18(16)19(17)21/h5-10,13H,3-4,11-12H2,1-2H3. The molecule has 126 valence electrons. The van der Waals surface area contributed by atoms with Crippen LogP contribution in [0, 0.1) is 5.82 Å². The quantitative estimate of drug-likeness (QED) is 0.760. The topological polar surface area (TPSA) is 35.5 Å². The lowest BCUT2D eigenvalue weighted by Gasteiger charge is -2.22. The van der Waals surface area contributed by atoms with Gasteiger partial charge in [0.25, 0.3) is 0 Å². The van der Waals surface area contributed by atoms with Gasteiger partial charge in [-0.3, -0.25) is 0 Å². The van der Waals surface area contributed by atoms with Crippen LogP contribution in [-0.4, -0.2) is 12.1 Å². The minimum absolute atomic E-state index is 0.00361. The summed E-state index contributed by atoms with van der Waals surface area (Å²) in [5, 5.41) is 0. The zero-order chi connectivity index (χ0) is 17.1. The zero-order valence-electron chi connectivity index (χ0n) is 14.0. The van der Waals surface area contributed by atoms with Gasteiger partial charge in [0.05, 0.1) is 0 Å². The molecule has 3 rings (SSSR count). The van der Waals surface area contributed by atoms with Gasteiger partial charge in [0.15, 0.2) is 11.6 Å². The molecule has 0 bridgehead atoms. The number of carbonyl (C=O) groups excluding carboxylic acids is 1. The number of esters is 1. The molecule has 0 N–H and O–H groups in total. The third-order valence-corrected chi connectivity index (χ3v) is 4.17. The average molecular weight is 328 g/mol. The van der Waals surface area contributed by atoms with Crippen molar-refractivity contribution < 1.29 is 18.7 Å². The molecule has 1 aliphatic heterocycles. The van der Waals surface area contributed by atoms with Crippen molar-refractivity contribution in [3.8, 4) is 5.75 Å². The van der Waals surface area contributed by atoms with Crippen molar-refractivity contribution in [3.63, 3.8) is 0 Å². The average Bonchev–Trinajstić information content (AvgIpc) is 2.55. The van der Waals surface area contributed by atoms with Crippen molar-refractivity contribution in [3.05, 3.63) is 64.5 Å². The van der Waals surface area contributed by atoms with Crippen LogP contribution in [0.5, 0.6) is 5.75 Å². The lowest BCUT2D eigenvalue weighted by molar-refractivity contribution is 0.0293. The monoisotopic (exact) mass is 328 g/mol. The van der Waals surface area contributed by atoms with E-state index in [1.807, 2.05) is 12.1 Å². The van der Waals surface area contributed by atoms with E-state index in [-0.39, 0.29) is 24.0 Å². The molecule has 0 saturated heterocycles. The number of carbonyl (C=O) groups is 1. The summed E-state index contributed by atoms with van der Waals surface area (Å²) >= 11 is 0. The number of aryl methyl sites for hydroxylation is 1. The molecule has 2 aromatic carbocycles. The van der Waals surface area contributed by atoms with Crippen molar-refractivity contribution in [1.82, 2.24) is 0 Å². The summed E-state index contributed by atoms with van der Waals surface area (Å²) in [6.07, 6.45) is 2.45. The van der Waals surface area contributed by atoms with E-state index in [1.165, 1.54) is 5.56 Å². The Morgan fingerprint density at radius 3 is 2.58 bits per heavy atom. The summed E-state index contributed by atoms with van der Waals surface area (Å²) in [7, 11) is 0. The number of hydrogen-bond donors (Lipinski definition) is 0. The van der Waals surface area contributed by atoms with E-state index >= 15 is 0 Å². The Kier molecular flexibility index (Phi) is 4.84. The Balaban J connectivity index is 1.74. The SMILES string of the molecule is CCCc1ccc(COc2ccc3c(c2F)C(=O)OC(C)C3)cc1. The predicted octanol–water partition coefficient (Wildman–Crippen LogP) is 4.46. The molecule has 24 heavy (non-hydrogen) atoms. The molecule has 3 nitrogen and oxygen atoms in total. The fourth-order valence-corrected chi connectivity index (χ4v) is 2.94. The fourth-order valence-electron chi connectivity index (χ4n) is 2.94. The van der Waals surface area contributed by atoms with Gasteiger partial charge >= 0.3 is 5.97 Å². The van der Waals surface area contributed by atoms with Gasteiger partial charge < -0.3 is 9.47 Å². The summed E-state index contributed by atoms with van der Waals surface area (Å²) in [5.41, 5.74) is 2.91. The molecule has 4 heteroatoms. The van der Waals surface area contributed by atoms with E-state index in [0.29, 0.717) is 12.0 Å². The summed E-state index contributed by atoms with van der Waals surface area (Å²) in [6, 6.07) is 11.4. The maximum Gasteiger partial charge on any atom is 0.341 e. The first-order valence-corrected chi connectivity index (χ1v) is 8.31. The van der Waals surface area contributed by atoms with Crippen LogP contribution in [0.4, 0.5) is 4.39 Å². The van der Waals surface area contributed by atoms with Gasteiger partial charge in [-0.25, -0.2) is 9.18 Å². The van der Waals surface area contributed by atoms with E-state index < -0.39 is 11.8 Å². The molecule has 0 aromatic heterocycles. The van der Waals surface area contributed by atoms with E-state index in [9.17, 15) is 9.18 Å². The Hall–Kier alpha value is -2.36. The molecule has 1 atom stereocenters. The van der Waals surface area contributed by atoms with Gasteiger partial charge in [-0.1, -0.05) is 43.7 Å². The van der Waals surface area contributed by atoms with Crippen LogP contribution in [0.25, 0.3) is 0 Å². The summed E-state index contributed by atoms with van der Waals surface area (Å²) < 4.78 is 25.3. The van der Waals surface area contributed by atoms with Crippen LogP contribution in [0.3, 0.4) is 0 Å². The maximum atomic E-state index is 14.6. The zero-order valence-corrected chi connectivity index (χ0v) is 14.0. The van der Waals surface area contributed by atoms with Gasteiger partial charge in [0.2, 0.25) is 0 Å². The molecule has 0 fully saturated rings. The Bertz CT molecular complexity index is 737. The van der Waals surface area contributed by atoms with Crippen molar-refractivity contribution in [1.29, 1.82) is 0 Å². The lowest BCUT2D eigenvalue weighted by Crippen LogP contribution is -2.26. The lowest BCUT2D eigenvalue weighted by atomic mass is 9.98. The van der Waals surface area contributed by atoms with Crippen LogP contribution in [-0.2, 0) is 24.2 Å². The number of ether oxygens (including phenoxy) is 2. The maximum absolute atomic E-state index is 14.6. The summed E-state index contributed by atoms with van der Waals surface area (Å²) in [6.45, 7) is 4.20. The van der Waals surface area contributed by atoms with Gasteiger partial charge in [0, 0.05) is 6.42 Å². The normalized spacial score (nSPS) is 16.5. The molecule has 1 unspecified atom stereocenters. The largest absolute Gasteiger partial charge is 0.486 e. The molecule has 0 radical (unpaired) electrons. The van der Waals surface area contributed by atoms with E-state index in [0.717, 1.165) is 18.4 Å². The van der Waals surface area contributed by atoms with Crippen LogP contribution in [0.1, 0.15) is 47.3 Å². The molecule has 0 saturated carbocycles. The number of benzene rings is 2. The smallest absolute Gasteiger partial charge is 0.341 e. The number of halogens is 1. The molecule has 0 amide bonds. The molecule has 1 heterocycles. The van der Waals surface area contributed by atoms with E-state index in [2.05, 4.69) is 19.1 Å². The van der Waals surface area contributed by atoms with Crippen LogP contribution >= 0.6 is 0 Å². The first-order valence-electron chi connectivity index (χ1n) is 8.31. The second-order valence-corrected chi connectivity index (χ2v) is 6.19. The van der Waals surface area contributed by atoms with Crippen molar-refractivity contribution in [2.45, 2.75) is 45.8 Å². The van der Waals surface area contributed by atoms with Gasteiger partial charge in [-0.2, -0.15) is 0 Å². The van der Waals surface area contributed by atoms with E-state index in [4.69, 9.17) is 9.47 Å². The molecular formula is C20H21FO3. The minimum atomic E-state index is -0.632. The number of fused-ring (bicyclic) bond motifs is 1. The second kappa shape index (κ2) is 7.04. The van der Waals surface area contributed by atoms with Crippen LogP contribution in [0.15, 0.2) is 36.4 Å². The Morgan fingerprint density at radius 1 is 1.17 bits per heavy atom. The minimum Gasteiger partial charge on any atom is -0.486 e. The van der Waals surface area contributed by atoms with Gasteiger partial charge in [0.1, 0.15) is 18.3 Å². The predicted molar refractivity (Wildman–Crippen MR) is 89.8 cm³/mol. The Labute approximate surface area is 141 Å². The third kappa shape index (κ3) is 3.42. The molecule has 1 aliphatic rings. The van der Waals surface area contributed by atoms with Gasteiger partial charge in [-0.15, -0.1) is 0 Å². The van der Waals surface area contributed by atoms with E-state index in [1.54, 1.807) is 19.1 Å². The van der Waals surface area contributed by atoms with Crippen LogP contribution in [0.2, 0.25) is 0 Å². The number of hydrogen-bond acceptors (Lipinski definition) is 3. The third-order valence-electron chi connectivity index (χ3n) is 4.17. The molecule has 0 aliphatic carbocycles. The highest BCUT2D eigenvalue weighted by molar-refractivity contribution is 5.93. The number of cyclic esters (lactones) is 1. The highest BCUT2D eigenvalue weighted by Gasteiger charge is 2.28. The number of rotatable bonds is 5. The first kappa shape index (κ1) is 16.5. The molecule has 0 spiro atoms. The highest BCUT2D eigenvalue weighted by Crippen LogP contribution is 2.29. The van der Waals surface area contributed by atoms with Crippen LogP contribution < -0.4 is 4.74 Å². The molecular weight excluding hydrogens is 307 g/mol. The molecule has 2 aromatic rings. The summed E-state index contributed by atoms with van der Waals surface area (Å²) in [5.74, 6) is -1.17. The highest BCUT2D eigenvalue weighted by atomic mass is 19.1. The van der Waals surface area contributed by atoms with Crippen molar-refractivity contribution in [2.24, 2.45) is 0 Å². The first-order chi connectivity index (χ1) is 11.6. The van der Waals surface area contributed by atoms with Crippen molar-refractivity contribution in [2.75, 3.05) is 0 Å². The fraction of sp³-hybridized carbons (Fsp3) is 0.350. The Morgan fingerprint density at radius 2 is 1.88 bits per heavy atom. The second-order valence-electron chi connectivity index (χ2n) is 6.19. The van der Waals surface area contributed by atoms with Crippen molar-refractivity contribution >= 4 is 5.97 Å². The summed E-state index contributed by atoms with van der Waals surface area (Å²) in [4.78, 5) is 11.9. The van der Waals surface area contributed by atoms with Gasteiger partial charge in [-0.05, 0) is 36.1 Å².